The van der Waals surface area contributed by atoms with Crippen LogP contribution in [0.3, 0.4) is 0 Å². The van der Waals surface area contributed by atoms with Crippen molar-refractivity contribution in [3.63, 3.8) is 0 Å². The molecule has 1 amide bonds. The van der Waals surface area contributed by atoms with Gasteiger partial charge in [-0.2, -0.15) is 9.40 Å². The van der Waals surface area contributed by atoms with Crippen molar-refractivity contribution in [1.29, 1.82) is 0 Å². The summed E-state index contributed by atoms with van der Waals surface area (Å²) in [7, 11) is -3.57. The van der Waals surface area contributed by atoms with Crippen LogP contribution in [0.4, 0.5) is 0 Å². The molecule has 0 radical (unpaired) electrons. The van der Waals surface area contributed by atoms with E-state index in [1.807, 2.05) is 56.3 Å². The normalized spacial score (nSPS) is 16.7. The Bertz CT molecular complexity index is 1310. The minimum atomic E-state index is -3.57. The average molecular weight is 465 g/mol. The number of hydrogen-bond acceptors (Lipinski definition) is 4. The summed E-state index contributed by atoms with van der Waals surface area (Å²) in [5, 5.41) is 4.58. The molecule has 2 aromatic carbocycles. The second-order valence-corrected chi connectivity index (χ2v) is 10.7. The monoisotopic (exact) mass is 464 g/mol. The van der Waals surface area contributed by atoms with Gasteiger partial charge in [-0.1, -0.05) is 24.3 Å². The van der Waals surface area contributed by atoms with Crippen molar-refractivity contribution in [1.82, 2.24) is 19.0 Å². The van der Waals surface area contributed by atoms with Crippen LogP contribution in [-0.2, 0) is 22.9 Å². The number of aryl methyl sites for hydroxylation is 3. The van der Waals surface area contributed by atoms with Crippen molar-refractivity contribution in [3.8, 4) is 5.69 Å². The fourth-order valence-electron chi connectivity index (χ4n) is 4.92. The Balaban J connectivity index is 1.32. The van der Waals surface area contributed by atoms with Gasteiger partial charge in [-0.15, -0.1) is 0 Å². The quantitative estimate of drug-likeness (QED) is 0.595. The van der Waals surface area contributed by atoms with Gasteiger partial charge < -0.3 is 4.90 Å². The SMILES string of the molecule is Cc1nn(-c2ccccc2)c(C)c1C(=O)N1CCN(S(=O)(=O)c2ccc3c(c2)CCC3)CC1. The molecule has 0 spiro atoms. The lowest BCUT2D eigenvalue weighted by Gasteiger charge is -2.34. The van der Waals surface area contributed by atoms with Crippen molar-refractivity contribution in [2.75, 3.05) is 26.2 Å². The summed E-state index contributed by atoms with van der Waals surface area (Å²) < 4.78 is 29.7. The fraction of sp³-hybridized carbons (Fsp3) is 0.360. The van der Waals surface area contributed by atoms with Crippen LogP contribution in [0.1, 0.15) is 39.3 Å². The van der Waals surface area contributed by atoms with Crippen molar-refractivity contribution >= 4 is 15.9 Å². The molecule has 5 rings (SSSR count). The Morgan fingerprint density at radius 1 is 0.909 bits per heavy atom. The highest BCUT2D eigenvalue weighted by atomic mass is 32.2. The second-order valence-electron chi connectivity index (χ2n) is 8.77. The number of para-hydroxylation sites is 1. The number of rotatable bonds is 4. The summed E-state index contributed by atoms with van der Waals surface area (Å²) in [6.45, 7) is 5.03. The number of fused-ring (bicyclic) bond motifs is 1. The number of carbonyl (C=O) groups excluding carboxylic acids is 1. The molecular formula is C25H28N4O3S. The Morgan fingerprint density at radius 2 is 1.61 bits per heavy atom. The molecule has 1 fully saturated rings. The van der Waals surface area contributed by atoms with Crippen LogP contribution in [0.2, 0.25) is 0 Å². The van der Waals surface area contributed by atoms with Gasteiger partial charge in [0.2, 0.25) is 10.0 Å². The topological polar surface area (TPSA) is 75.5 Å². The van der Waals surface area contributed by atoms with Gasteiger partial charge in [0, 0.05) is 26.2 Å². The summed E-state index contributed by atoms with van der Waals surface area (Å²) >= 11 is 0. The molecule has 1 aliphatic carbocycles. The third kappa shape index (κ3) is 3.87. The van der Waals surface area contributed by atoms with E-state index in [1.54, 1.807) is 15.6 Å². The van der Waals surface area contributed by atoms with E-state index in [2.05, 4.69) is 5.10 Å². The van der Waals surface area contributed by atoms with Crippen LogP contribution >= 0.6 is 0 Å². The van der Waals surface area contributed by atoms with Crippen molar-refractivity contribution in [2.45, 2.75) is 38.0 Å². The van der Waals surface area contributed by atoms with Gasteiger partial charge in [0.25, 0.3) is 5.91 Å². The smallest absolute Gasteiger partial charge is 0.257 e. The maximum absolute atomic E-state index is 13.3. The highest BCUT2D eigenvalue weighted by Gasteiger charge is 2.32. The second kappa shape index (κ2) is 8.43. The van der Waals surface area contributed by atoms with Crippen molar-refractivity contribution in [2.24, 2.45) is 0 Å². The molecule has 0 bridgehead atoms. The Kier molecular flexibility index (Phi) is 5.58. The zero-order chi connectivity index (χ0) is 23.2. The lowest BCUT2D eigenvalue weighted by atomic mass is 10.1. The maximum atomic E-state index is 13.3. The van der Waals surface area contributed by atoms with Gasteiger partial charge in [0.05, 0.1) is 27.5 Å². The van der Waals surface area contributed by atoms with E-state index >= 15 is 0 Å². The average Bonchev–Trinajstić information content (AvgIpc) is 3.42. The highest BCUT2D eigenvalue weighted by Crippen LogP contribution is 2.27. The van der Waals surface area contributed by atoms with Crippen LogP contribution in [0.25, 0.3) is 5.69 Å². The van der Waals surface area contributed by atoms with E-state index in [9.17, 15) is 13.2 Å². The first kappa shape index (κ1) is 21.9. The molecule has 0 N–H and O–H groups in total. The number of amides is 1. The number of nitrogens with zero attached hydrogens (tertiary/aromatic N) is 4. The van der Waals surface area contributed by atoms with Crippen LogP contribution in [0, 0.1) is 13.8 Å². The van der Waals surface area contributed by atoms with E-state index in [1.165, 1.54) is 9.87 Å². The molecule has 1 aliphatic heterocycles. The van der Waals surface area contributed by atoms with Gasteiger partial charge in [-0.25, -0.2) is 13.1 Å². The number of piperazine rings is 1. The first-order valence-corrected chi connectivity index (χ1v) is 12.8. The van der Waals surface area contributed by atoms with E-state index in [-0.39, 0.29) is 19.0 Å². The van der Waals surface area contributed by atoms with Gasteiger partial charge in [0.1, 0.15) is 0 Å². The number of aromatic nitrogens is 2. The van der Waals surface area contributed by atoms with E-state index in [0.717, 1.165) is 36.2 Å². The maximum Gasteiger partial charge on any atom is 0.257 e. The van der Waals surface area contributed by atoms with Crippen LogP contribution in [-0.4, -0.2) is 59.5 Å². The predicted octanol–water partition coefficient (Wildman–Crippen LogP) is 3.12. The molecule has 0 saturated carbocycles. The van der Waals surface area contributed by atoms with Gasteiger partial charge >= 0.3 is 0 Å². The zero-order valence-electron chi connectivity index (χ0n) is 19.0. The molecule has 172 valence electrons. The van der Waals surface area contributed by atoms with Crippen molar-refractivity contribution in [3.05, 3.63) is 76.6 Å². The fourth-order valence-corrected chi connectivity index (χ4v) is 6.39. The van der Waals surface area contributed by atoms with Crippen LogP contribution < -0.4 is 0 Å². The highest BCUT2D eigenvalue weighted by molar-refractivity contribution is 7.89. The molecular weight excluding hydrogens is 436 g/mol. The van der Waals surface area contributed by atoms with Gasteiger partial charge in [0.15, 0.2) is 0 Å². The third-order valence-electron chi connectivity index (χ3n) is 6.74. The Hall–Kier alpha value is -2.97. The first-order chi connectivity index (χ1) is 15.9. The number of benzene rings is 2. The van der Waals surface area contributed by atoms with Crippen molar-refractivity contribution < 1.29 is 13.2 Å². The molecule has 0 atom stereocenters. The van der Waals surface area contributed by atoms with E-state index in [4.69, 9.17) is 0 Å². The van der Waals surface area contributed by atoms with Crippen LogP contribution in [0.15, 0.2) is 53.4 Å². The molecule has 0 unspecified atom stereocenters. The Labute approximate surface area is 194 Å². The minimum absolute atomic E-state index is 0.0956. The standard InChI is InChI=1S/C25H28N4O3S/c1-18-24(19(2)29(26-18)22-9-4-3-5-10-22)25(30)27-13-15-28(16-14-27)33(31,32)23-12-11-20-7-6-8-21(20)17-23/h3-5,9-12,17H,6-8,13-16H2,1-2H3. The molecule has 1 aromatic heterocycles. The van der Waals surface area contributed by atoms with Crippen LogP contribution in [0.5, 0.6) is 0 Å². The summed E-state index contributed by atoms with van der Waals surface area (Å²) in [5.74, 6) is -0.0956. The summed E-state index contributed by atoms with van der Waals surface area (Å²) in [6.07, 6.45) is 3.05. The van der Waals surface area contributed by atoms with Gasteiger partial charge in [-0.3, -0.25) is 4.79 Å². The minimum Gasteiger partial charge on any atom is -0.336 e. The molecule has 2 heterocycles. The number of hydrogen-bond donors (Lipinski definition) is 0. The summed E-state index contributed by atoms with van der Waals surface area (Å²) in [6, 6.07) is 15.2. The lowest BCUT2D eigenvalue weighted by Crippen LogP contribution is -2.50. The predicted molar refractivity (Wildman–Crippen MR) is 126 cm³/mol. The number of carbonyl (C=O) groups is 1. The third-order valence-corrected chi connectivity index (χ3v) is 8.63. The largest absolute Gasteiger partial charge is 0.336 e. The van der Waals surface area contributed by atoms with Gasteiger partial charge in [-0.05, 0) is 68.5 Å². The first-order valence-electron chi connectivity index (χ1n) is 11.4. The zero-order valence-corrected chi connectivity index (χ0v) is 19.8. The molecule has 7 nitrogen and oxygen atoms in total. The Morgan fingerprint density at radius 3 is 2.33 bits per heavy atom. The lowest BCUT2D eigenvalue weighted by molar-refractivity contribution is 0.0696. The summed E-state index contributed by atoms with van der Waals surface area (Å²) in [5.41, 5.74) is 5.36. The van der Waals surface area contributed by atoms with E-state index < -0.39 is 10.0 Å². The molecule has 8 heteroatoms. The van der Waals surface area contributed by atoms with E-state index in [0.29, 0.717) is 29.2 Å². The number of sulfonamides is 1. The molecule has 2 aliphatic rings. The molecule has 33 heavy (non-hydrogen) atoms. The molecule has 3 aromatic rings. The molecule has 1 saturated heterocycles. The summed E-state index contributed by atoms with van der Waals surface area (Å²) in [4.78, 5) is 15.4.